The number of hydrogen-bond donors (Lipinski definition) is 0. The summed E-state index contributed by atoms with van der Waals surface area (Å²) in [6.45, 7) is 6.20. The summed E-state index contributed by atoms with van der Waals surface area (Å²) in [5.41, 5.74) is 4.29. The average Bonchev–Trinajstić information content (AvgIpc) is 2.09. The molecule has 0 saturated carbocycles. The second-order valence-electron chi connectivity index (χ2n) is 5.27. The third-order valence-electron chi connectivity index (χ3n) is 3.20. The van der Waals surface area contributed by atoms with E-state index < -0.39 is 0 Å². The van der Waals surface area contributed by atoms with Gasteiger partial charge in [-0.25, -0.2) is 0 Å². The van der Waals surface area contributed by atoms with E-state index in [1.165, 1.54) is 5.46 Å². The Balaban J connectivity index is 3.77. The molecule has 0 amide bonds. The van der Waals surface area contributed by atoms with Crippen molar-refractivity contribution in [1.82, 2.24) is 4.57 Å². The molecule has 6 heteroatoms. The zero-order valence-corrected chi connectivity index (χ0v) is 10.9. The molecule has 0 N–H and O–H groups in total. The minimum atomic E-state index is -0.148. The molecule has 1 aromatic rings. The summed E-state index contributed by atoms with van der Waals surface area (Å²) in [7, 11) is 8.03. The van der Waals surface area contributed by atoms with Crippen molar-refractivity contribution >= 4 is 53.4 Å². The van der Waals surface area contributed by atoms with E-state index >= 15 is 0 Å². The number of pyridine rings is 1. The van der Waals surface area contributed by atoms with Crippen LogP contribution in [0.5, 0.6) is 0 Å². The van der Waals surface area contributed by atoms with Gasteiger partial charge in [0.05, 0.1) is 0 Å². The lowest BCUT2D eigenvalue weighted by Gasteiger charge is -2.28. The molecule has 0 saturated heterocycles. The van der Waals surface area contributed by atoms with E-state index in [1.807, 2.05) is 28.1 Å². The predicted molar refractivity (Wildman–Crippen MR) is 78.4 cm³/mol. The van der Waals surface area contributed by atoms with Gasteiger partial charge in [-0.3, -0.25) is 4.79 Å². The van der Waals surface area contributed by atoms with E-state index in [1.54, 1.807) is 0 Å². The van der Waals surface area contributed by atoms with Crippen LogP contribution >= 0.6 is 0 Å². The maximum Gasteiger partial charge on any atom is 0.243 e. The minimum absolute atomic E-state index is 0.142. The van der Waals surface area contributed by atoms with E-state index in [0.29, 0.717) is 0 Å². The Labute approximate surface area is 95.1 Å². The standard InChI is InChI=1S/C9H17B4NO/c1-9(2,3)14-7(13)5(11)4(10)6(12)8(14)15/h10-13H2,1-3H3. The van der Waals surface area contributed by atoms with Gasteiger partial charge in [0.15, 0.2) is 7.85 Å². The molecule has 15 heavy (non-hydrogen) atoms. The summed E-state index contributed by atoms with van der Waals surface area (Å²) < 4.78 is 1.89. The van der Waals surface area contributed by atoms with E-state index in [-0.39, 0.29) is 11.1 Å². The molecule has 1 rings (SSSR count). The molecule has 0 spiro atoms. The van der Waals surface area contributed by atoms with Gasteiger partial charge in [0.25, 0.3) is 0 Å². The van der Waals surface area contributed by atoms with E-state index in [0.717, 1.165) is 16.5 Å². The molecule has 0 aromatic carbocycles. The first-order chi connectivity index (χ1) is 6.68. The van der Waals surface area contributed by atoms with Gasteiger partial charge in [0, 0.05) is 5.54 Å². The molecule has 1 heterocycles. The van der Waals surface area contributed by atoms with Crippen LogP contribution in [0.25, 0.3) is 0 Å². The Morgan fingerprint density at radius 3 is 1.80 bits per heavy atom. The van der Waals surface area contributed by atoms with Gasteiger partial charge >= 0.3 is 0 Å². The fraction of sp³-hybridized carbons (Fsp3) is 0.444. The molecule has 0 aliphatic carbocycles. The second-order valence-corrected chi connectivity index (χ2v) is 5.27. The van der Waals surface area contributed by atoms with Crippen molar-refractivity contribution in [1.29, 1.82) is 0 Å². The van der Waals surface area contributed by atoms with Gasteiger partial charge in [-0.2, -0.15) is 0 Å². The third kappa shape index (κ3) is 1.95. The average molecular weight is 198 g/mol. The van der Waals surface area contributed by atoms with Crippen LogP contribution in [0.2, 0.25) is 0 Å². The Bertz CT molecular complexity index is 459. The predicted octanol–water partition coefficient (Wildman–Crippen LogP) is -5.36. The van der Waals surface area contributed by atoms with Crippen LogP contribution < -0.4 is 27.5 Å². The highest BCUT2D eigenvalue weighted by atomic mass is 16.1. The van der Waals surface area contributed by atoms with Gasteiger partial charge in [-0.05, 0) is 31.8 Å². The summed E-state index contributed by atoms with van der Waals surface area (Å²) >= 11 is 0. The lowest BCUT2D eigenvalue weighted by Crippen LogP contribution is -2.63. The van der Waals surface area contributed by atoms with Gasteiger partial charge in [-0.1, -0.05) is 10.9 Å². The Morgan fingerprint density at radius 1 is 0.933 bits per heavy atom. The van der Waals surface area contributed by atoms with Crippen molar-refractivity contribution in [2.45, 2.75) is 26.3 Å². The molecule has 0 fully saturated rings. The van der Waals surface area contributed by atoms with Crippen LogP contribution in [0, 0.1) is 0 Å². The van der Waals surface area contributed by atoms with Crippen molar-refractivity contribution in [3.63, 3.8) is 0 Å². The zero-order chi connectivity index (χ0) is 12.0. The molecule has 0 aliphatic rings. The van der Waals surface area contributed by atoms with Crippen molar-refractivity contribution in [3.05, 3.63) is 10.4 Å². The second kappa shape index (κ2) is 3.66. The minimum Gasteiger partial charge on any atom is -0.318 e. The van der Waals surface area contributed by atoms with Gasteiger partial charge in [-0.15, -0.1) is 0 Å². The highest BCUT2D eigenvalue weighted by molar-refractivity contribution is 6.61. The lowest BCUT2D eigenvalue weighted by molar-refractivity contribution is 0.396. The number of rotatable bonds is 0. The topological polar surface area (TPSA) is 22.0 Å². The van der Waals surface area contributed by atoms with E-state index in [4.69, 9.17) is 0 Å². The van der Waals surface area contributed by atoms with Crippen LogP contribution in [0.3, 0.4) is 0 Å². The summed E-state index contributed by atoms with van der Waals surface area (Å²) in [4.78, 5) is 12.2. The van der Waals surface area contributed by atoms with Crippen molar-refractivity contribution < 1.29 is 0 Å². The van der Waals surface area contributed by atoms with Crippen molar-refractivity contribution in [2.24, 2.45) is 0 Å². The third-order valence-corrected chi connectivity index (χ3v) is 3.20. The Kier molecular flexibility index (Phi) is 2.99. The highest BCUT2D eigenvalue weighted by Crippen LogP contribution is 2.06. The molecule has 2 nitrogen and oxygen atoms in total. The maximum absolute atomic E-state index is 12.2. The quantitative estimate of drug-likeness (QED) is 0.382. The lowest BCUT2D eigenvalue weighted by atomic mass is 9.69. The maximum atomic E-state index is 12.2. The summed E-state index contributed by atoms with van der Waals surface area (Å²) in [5, 5.41) is 0. The summed E-state index contributed by atoms with van der Waals surface area (Å²) in [6.07, 6.45) is 0. The van der Waals surface area contributed by atoms with Crippen molar-refractivity contribution in [2.75, 3.05) is 0 Å². The van der Waals surface area contributed by atoms with Crippen LogP contribution in [0.15, 0.2) is 4.79 Å². The fourth-order valence-electron chi connectivity index (χ4n) is 2.01. The first-order valence-electron chi connectivity index (χ1n) is 5.37. The molecule has 1 aromatic heterocycles. The zero-order valence-electron chi connectivity index (χ0n) is 10.9. The highest BCUT2D eigenvalue weighted by Gasteiger charge is 2.19. The Morgan fingerprint density at radius 2 is 1.40 bits per heavy atom. The molecular formula is C9H17B4NO. The molecule has 0 aliphatic heterocycles. The van der Waals surface area contributed by atoms with Crippen molar-refractivity contribution in [3.8, 4) is 0 Å². The molecule has 76 valence electrons. The summed E-state index contributed by atoms with van der Waals surface area (Å²) in [5.74, 6) is 0. The SMILES string of the molecule is Bc1c(B)c(B)n(C(C)(C)C)c(=O)c1B. The summed E-state index contributed by atoms with van der Waals surface area (Å²) in [6, 6.07) is 0. The van der Waals surface area contributed by atoms with Crippen LogP contribution in [-0.4, -0.2) is 36.0 Å². The van der Waals surface area contributed by atoms with Crippen LogP contribution in [0.1, 0.15) is 20.8 Å². The van der Waals surface area contributed by atoms with Crippen LogP contribution in [-0.2, 0) is 5.54 Å². The normalized spacial score (nSPS) is 11.7. The first-order valence-corrected chi connectivity index (χ1v) is 5.37. The molecule has 0 unspecified atom stereocenters. The molecule has 0 bridgehead atoms. The number of hydrogen-bond acceptors (Lipinski definition) is 1. The smallest absolute Gasteiger partial charge is 0.243 e. The molecule has 0 radical (unpaired) electrons. The van der Waals surface area contributed by atoms with Gasteiger partial charge < -0.3 is 4.57 Å². The van der Waals surface area contributed by atoms with Gasteiger partial charge in [0.2, 0.25) is 5.56 Å². The number of nitrogens with zero attached hydrogens (tertiary/aromatic N) is 1. The molecular weight excluding hydrogens is 181 g/mol. The fourth-order valence-corrected chi connectivity index (χ4v) is 2.01. The van der Waals surface area contributed by atoms with E-state index in [2.05, 4.69) is 28.6 Å². The van der Waals surface area contributed by atoms with Crippen LogP contribution in [0.4, 0.5) is 0 Å². The molecule has 0 atom stereocenters. The monoisotopic (exact) mass is 199 g/mol. The van der Waals surface area contributed by atoms with Gasteiger partial charge in [0.1, 0.15) is 23.5 Å². The van der Waals surface area contributed by atoms with E-state index in [9.17, 15) is 4.79 Å². The Hall–Kier alpha value is -0.790. The largest absolute Gasteiger partial charge is 0.318 e. The first kappa shape index (κ1) is 12.3. The number of aromatic nitrogens is 1.